The van der Waals surface area contributed by atoms with E-state index in [4.69, 9.17) is 9.31 Å². The summed E-state index contributed by atoms with van der Waals surface area (Å²) in [6.45, 7) is 8.42. The van der Waals surface area contributed by atoms with E-state index < -0.39 is 0 Å². The van der Waals surface area contributed by atoms with Crippen LogP contribution in [0.3, 0.4) is 0 Å². The van der Waals surface area contributed by atoms with Crippen molar-refractivity contribution in [2.45, 2.75) is 83.2 Å². The van der Waals surface area contributed by atoms with Gasteiger partial charge in [0.15, 0.2) is 0 Å². The molecule has 1 aromatic carbocycles. The molecule has 1 heterocycles. The topological polar surface area (TPSA) is 18.5 Å². The molecule has 1 saturated carbocycles. The third-order valence-corrected chi connectivity index (χ3v) is 6.24. The molecule has 0 bridgehead atoms. The standard InChI is InChI=1S/C20H30BFO2/c1-19(2)20(3,4)24-21(23-19)18(16-10-6-5-7-11-16)14-15-9-8-12-17(22)13-15/h8-9,12-13,16,18H,5-7,10-11,14H2,1-4H3. The molecule has 1 aliphatic carbocycles. The average molecular weight is 332 g/mol. The maximum Gasteiger partial charge on any atom is 0.461 e. The van der Waals surface area contributed by atoms with Gasteiger partial charge in [-0.2, -0.15) is 0 Å². The van der Waals surface area contributed by atoms with E-state index in [0.29, 0.717) is 5.92 Å². The van der Waals surface area contributed by atoms with Gasteiger partial charge < -0.3 is 9.31 Å². The van der Waals surface area contributed by atoms with Gasteiger partial charge in [-0.15, -0.1) is 0 Å². The summed E-state index contributed by atoms with van der Waals surface area (Å²) in [5, 5.41) is 0. The first-order valence-electron chi connectivity index (χ1n) is 9.38. The van der Waals surface area contributed by atoms with Gasteiger partial charge in [0.1, 0.15) is 5.82 Å². The second-order valence-corrected chi connectivity index (χ2v) is 8.52. The van der Waals surface area contributed by atoms with Crippen LogP contribution in [0.15, 0.2) is 24.3 Å². The third kappa shape index (κ3) is 3.70. The summed E-state index contributed by atoms with van der Waals surface area (Å²) in [5.41, 5.74) is 0.416. The second kappa shape index (κ2) is 6.80. The first-order chi connectivity index (χ1) is 11.3. The third-order valence-electron chi connectivity index (χ3n) is 6.24. The van der Waals surface area contributed by atoms with Crippen LogP contribution in [0.25, 0.3) is 0 Å². The summed E-state index contributed by atoms with van der Waals surface area (Å²) in [6, 6.07) is 6.98. The molecule has 132 valence electrons. The molecule has 2 fully saturated rings. The zero-order valence-electron chi connectivity index (χ0n) is 15.5. The van der Waals surface area contributed by atoms with E-state index in [1.54, 1.807) is 12.1 Å². The summed E-state index contributed by atoms with van der Waals surface area (Å²) < 4.78 is 26.4. The van der Waals surface area contributed by atoms with Crippen LogP contribution in [0.4, 0.5) is 4.39 Å². The van der Waals surface area contributed by atoms with E-state index in [1.807, 2.05) is 6.07 Å². The zero-order valence-corrected chi connectivity index (χ0v) is 15.5. The number of benzene rings is 1. The molecule has 24 heavy (non-hydrogen) atoms. The van der Waals surface area contributed by atoms with E-state index in [9.17, 15) is 4.39 Å². The van der Waals surface area contributed by atoms with Crippen molar-refractivity contribution in [1.29, 1.82) is 0 Å². The number of rotatable bonds is 4. The highest BCUT2D eigenvalue weighted by atomic mass is 19.1. The molecule has 1 saturated heterocycles. The average Bonchev–Trinajstić information content (AvgIpc) is 2.74. The molecule has 2 nitrogen and oxygen atoms in total. The Morgan fingerprint density at radius 1 is 1.08 bits per heavy atom. The number of halogens is 1. The van der Waals surface area contributed by atoms with Gasteiger partial charge in [0, 0.05) is 5.82 Å². The van der Waals surface area contributed by atoms with Crippen LogP contribution in [0.5, 0.6) is 0 Å². The Morgan fingerprint density at radius 2 is 1.71 bits per heavy atom. The summed E-state index contributed by atoms with van der Waals surface area (Å²) >= 11 is 0. The van der Waals surface area contributed by atoms with Crippen molar-refractivity contribution >= 4 is 7.12 Å². The molecule has 1 unspecified atom stereocenters. The van der Waals surface area contributed by atoms with Gasteiger partial charge in [0.05, 0.1) is 11.2 Å². The Bertz CT molecular complexity index is 551. The Kier molecular flexibility index (Phi) is 5.08. The highest BCUT2D eigenvalue weighted by Gasteiger charge is 2.54. The Labute approximate surface area is 146 Å². The van der Waals surface area contributed by atoms with Crippen molar-refractivity contribution in [2.24, 2.45) is 5.92 Å². The van der Waals surface area contributed by atoms with Crippen molar-refractivity contribution in [3.8, 4) is 0 Å². The first kappa shape index (κ1) is 17.9. The molecule has 0 aromatic heterocycles. The van der Waals surface area contributed by atoms with E-state index >= 15 is 0 Å². The molecule has 0 radical (unpaired) electrons. The molecule has 2 aliphatic rings. The minimum Gasteiger partial charge on any atom is -0.403 e. The van der Waals surface area contributed by atoms with Gasteiger partial charge in [-0.05, 0) is 57.7 Å². The van der Waals surface area contributed by atoms with Crippen molar-refractivity contribution in [1.82, 2.24) is 0 Å². The zero-order chi connectivity index (χ0) is 17.4. The lowest BCUT2D eigenvalue weighted by Crippen LogP contribution is -2.41. The van der Waals surface area contributed by atoms with Gasteiger partial charge >= 0.3 is 7.12 Å². The van der Waals surface area contributed by atoms with E-state index in [-0.39, 0.29) is 30.0 Å². The summed E-state index contributed by atoms with van der Waals surface area (Å²) in [4.78, 5) is 0. The van der Waals surface area contributed by atoms with Gasteiger partial charge in [-0.1, -0.05) is 44.2 Å². The number of hydrogen-bond donors (Lipinski definition) is 0. The van der Waals surface area contributed by atoms with E-state index in [0.717, 1.165) is 12.0 Å². The van der Waals surface area contributed by atoms with Crippen LogP contribution in [0, 0.1) is 11.7 Å². The van der Waals surface area contributed by atoms with E-state index in [1.165, 1.54) is 38.2 Å². The Balaban J connectivity index is 1.82. The minimum atomic E-state index is -0.313. The predicted octanol–water partition coefficient (Wildman–Crippen LogP) is 5.41. The fourth-order valence-electron chi connectivity index (χ4n) is 4.05. The largest absolute Gasteiger partial charge is 0.461 e. The monoisotopic (exact) mass is 332 g/mol. The highest BCUT2D eigenvalue weighted by Crippen LogP contribution is 2.45. The van der Waals surface area contributed by atoms with Gasteiger partial charge in [-0.25, -0.2) is 4.39 Å². The second-order valence-electron chi connectivity index (χ2n) is 8.52. The highest BCUT2D eigenvalue weighted by molar-refractivity contribution is 6.47. The van der Waals surface area contributed by atoms with Crippen molar-refractivity contribution in [3.05, 3.63) is 35.6 Å². The van der Waals surface area contributed by atoms with Crippen LogP contribution in [-0.4, -0.2) is 18.3 Å². The Hall–Kier alpha value is -0.865. The summed E-state index contributed by atoms with van der Waals surface area (Å²) in [6.07, 6.45) is 7.16. The molecule has 1 aliphatic heterocycles. The van der Waals surface area contributed by atoms with Gasteiger partial charge in [-0.3, -0.25) is 0 Å². The smallest absolute Gasteiger partial charge is 0.403 e. The maximum atomic E-state index is 13.6. The molecule has 1 aromatic rings. The molecule has 1 atom stereocenters. The molecule has 0 amide bonds. The first-order valence-corrected chi connectivity index (χ1v) is 9.38. The van der Waals surface area contributed by atoms with Crippen LogP contribution in [0.1, 0.15) is 65.4 Å². The van der Waals surface area contributed by atoms with Crippen molar-refractivity contribution < 1.29 is 13.7 Å². The van der Waals surface area contributed by atoms with Crippen LogP contribution in [0.2, 0.25) is 5.82 Å². The van der Waals surface area contributed by atoms with Crippen molar-refractivity contribution in [2.75, 3.05) is 0 Å². The lowest BCUT2D eigenvalue weighted by atomic mass is 9.59. The number of hydrogen-bond acceptors (Lipinski definition) is 2. The summed E-state index contributed by atoms with van der Waals surface area (Å²) in [5.74, 6) is 0.716. The minimum absolute atomic E-state index is 0.163. The fourth-order valence-corrected chi connectivity index (χ4v) is 4.05. The molecular weight excluding hydrogens is 302 g/mol. The summed E-state index contributed by atoms with van der Waals surface area (Å²) in [7, 11) is -0.207. The van der Waals surface area contributed by atoms with Crippen LogP contribution < -0.4 is 0 Å². The molecular formula is C20H30BFO2. The fraction of sp³-hybridized carbons (Fsp3) is 0.700. The van der Waals surface area contributed by atoms with Gasteiger partial charge in [0.2, 0.25) is 0 Å². The molecule has 0 spiro atoms. The SMILES string of the molecule is CC1(C)OB(C(Cc2cccc(F)c2)C2CCCCC2)OC1(C)C. The predicted molar refractivity (Wildman–Crippen MR) is 96.5 cm³/mol. The Morgan fingerprint density at radius 3 is 2.29 bits per heavy atom. The van der Waals surface area contributed by atoms with Crippen molar-refractivity contribution in [3.63, 3.8) is 0 Å². The lowest BCUT2D eigenvalue weighted by Gasteiger charge is -2.32. The maximum absolute atomic E-state index is 13.6. The van der Waals surface area contributed by atoms with Crippen LogP contribution >= 0.6 is 0 Å². The lowest BCUT2D eigenvalue weighted by molar-refractivity contribution is 0.00578. The normalized spacial score (nSPS) is 25.0. The molecule has 0 N–H and O–H groups in total. The molecule has 3 rings (SSSR count). The molecule has 4 heteroatoms. The van der Waals surface area contributed by atoms with E-state index in [2.05, 4.69) is 27.7 Å². The quantitative estimate of drug-likeness (QED) is 0.686. The van der Waals surface area contributed by atoms with Crippen LogP contribution in [-0.2, 0) is 15.7 Å². The van der Waals surface area contributed by atoms with Gasteiger partial charge in [0.25, 0.3) is 0 Å².